The first kappa shape index (κ1) is 23.8. The third-order valence-corrected chi connectivity index (χ3v) is 6.63. The maximum Gasteiger partial charge on any atom is 0.222 e. The molecule has 0 atom stereocenters. The predicted octanol–water partition coefficient (Wildman–Crippen LogP) is 5.12. The summed E-state index contributed by atoms with van der Waals surface area (Å²) >= 11 is 1.64. The monoisotopic (exact) mass is 478 g/mol. The fourth-order valence-electron chi connectivity index (χ4n) is 3.79. The van der Waals surface area contributed by atoms with E-state index in [1.54, 1.807) is 37.0 Å². The van der Waals surface area contributed by atoms with Crippen LogP contribution in [0.1, 0.15) is 37.7 Å². The van der Waals surface area contributed by atoms with Gasteiger partial charge in [0.1, 0.15) is 5.82 Å². The van der Waals surface area contributed by atoms with Crippen LogP contribution in [-0.4, -0.2) is 45.3 Å². The Labute approximate surface area is 203 Å². The lowest BCUT2D eigenvalue weighted by Gasteiger charge is -2.14. The average molecular weight is 479 g/mol. The number of thiazole rings is 1. The van der Waals surface area contributed by atoms with Gasteiger partial charge < -0.3 is 20.5 Å². The molecule has 9 heteroatoms. The van der Waals surface area contributed by atoms with Gasteiger partial charge in [0.15, 0.2) is 5.13 Å². The molecule has 0 bridgehead atoms. The van der Waals surface area contributed by atoms with Crippen molar-refractivity contribution >= 4 is 32.5 Å². The molecule has 8 nitrogen and oxygen atoms in total. The zero-order valence-corrected chi connectivity index (χ0v) is 20.3. The Morgan fingerprint density at radius 1 is 1.12 bits per heavy atom. The lowest BCUT2D eigenvalue weighted by Crippen LogP contribution is -2.09. The first-order chi connectivity index (χ1) is 16.7. The van der Waals surface area contributed by atoms with Gasteiger partial charge in [0, 0.05) is 19.8 Å². The molecule has 0 spiro atoms. The average Bonchev–Trinajstić information content (AvgIpc) is 3.31. The summed E-state index contributed by atoms with van der Waals surface area (Å²) in [6.45, 7) is 0.644. The van der Waals surface area contributed by atoms with Crippen LogP contribution < -0.4 is 15.4 Å². The number of methoxy groups -OCH3 is 1. The molecule has 1 aliphatic rings. The van der Waals surface area contributed by atoms with Gasteiger partial charge in [-0.3, -0.25) is 4.98 Å². The molecule has 0 amide bonds. The second-order valence-electron chi connectivity index (χ2n) is 8.07. The van der Waals surface area contributed by atoms with Crippen molar-refractivity contribution in [3.8, 4) is 17.1 Å². The number of hydrogen-bond donors (Lipinski definition) is 3. The summed E-state index contributed by atoms with van der Waals surface area (Å²) in [6, 6.07) is 10.0. The number of nitrogens with zero attached hydrogens (tertiary/aromatic N) is 4. The molecule has 0 radical (unpaired) electrons. The number of nitrogens with one attached hydrogen (secondary N) is 2. The maximum absolute atomic E-state index is 8.91. The van der Waals surface area contributed by atoms with Crippen LogP contribution in [0.5, 0.6) is 5.88 Å². The van der Waals surface area contributed by atoms with Crippen molar-refractivity contribution in [1.29, 1.82) is 0 Å². The highest BCUT2D eigenvalue weighted by atomic mass is 32.1. The van der Waals surface area contributed by atoms with Crippen molar-refractivity contribution in [3.05, 3.63) is 54.5 Å². The van der Waals surface area contributed by atoms with Crippen LogP contribution in [0.3, 0.4) is 0 Å². The molecule has 4 aromatic rings. The number of fused-ring (bicyclic) bond motifs is 1. The Morgan fingerprint density at radius 2 is 1.97 bits per heavy atom. The van der Waals surface area contributed by atoms with Crippen molar-refractivity contribution in [3.63, 3.8) is 0 Å². The molecule has 3 N–H and O–H groups in total. The third-order valence-electron chi connectivity index (χ3n) is 5.59. The summed E-state index contributed by atoms with van der Waals surface area (Å²) in [5, 5.41) is 16.2. The first-order valence-electron chi connectivity index (χ1n) is 11.5. The highest BCUT2D eigenvalue weighted by Crippen LogP contribution is 2.28. The summed E-state index contributed by atoms with van der Waals surface area (Å²) in [5.74, 6) is 1.22. The lowest BCUT2D eigenvalue weighted by molar-refractivity contribution is 0.130. The fraction of sp³-hybridized carbons (Fsp3) is 0.360. The minimum Gasteiger partial charge on any atom is -0.481 e. The molecule has 0 aliphatic heterocycles. The number of ether oxygens (including phenoxy) is 1. The maximum atomic E-state index is 8.91. The zero-order chi connectivity index (χ0) is 23.8. The molecular formula is C25H30N6O2S. The summed E-state index contributed by atoms with van der Waals surface area (Å²) in [4.78, 5) is 17.6. The van der Waals surface area contributed by atoms with E-state index in [1.807, 2.05) is 25.2 Å². The number of aliphatic hydroxyl groups excluding tert-OH is 1. The molecule has 178 valence electrons. The molecule has 3 aromatic heterocycles. The smallest absolute Gasteiger partial charge is 0.222 e. The van der Waals surface area contributed by atoms with E-state index in [0.717, 1.165) is 39.3 Å². The van der Waals surface area contributed by atoms with Crippen LogP contribution in [0, 0.1) is 0 Å². The fourth-order valence-corrected chi connectivity index (χ4v) is 4.67. The normalized spacial score (nSPS) is 13.7. The number of aromatic nitrogens is 4. The van der Waals surface area contributed by atoms with E-state index in [1.165, 1.54) is 19.3 Å². The third kappa shape index (κ3) is 6.18. The van der Waals surface area contributed by atoms with Crippen LogP contribution in [0.2, 0.25) is 0 Å². The second kappa shape index (κ2) is 11.7. The largest absolute Gasteiger partial charge is 0.481 e. The summed E-state index contributed by atoms with van der Waals surface area (Å²) in [7, 11) is 3.47. The molecule has 1 fully saturated rings. The van der Waals surface area contributed by atoms with Gasteiger partial charge in [-0.15, -0.1) is 0 Å². The highest BCUT2D eigenvalue weighted by Gasteiger charge is 2.10. The number of hydrogen-bond acceptors (Lipinski definition) is 9. The number of anilines is 2. The second-order valence-corrected chi connectivity index (χ2v) is 9.10. The Balaban J connectivity index is 0.000000336. The van der Waals surface area contributed by atoms with E-state index >= 15 is 0 Å². The minimum absolute atomic E-state index is 0.0359. The molecule has 3 heterocycles. The lowest BCUT2D eigenvalue weighted by atomic mass is 9.98. The van der Waals surface area contributed by atoms with Crippen molar-refractivity contribution in [2.75, 3.05) is 24.8 Å². The number of rotatable bonds is 6. The molecular weight excluding hydrogens is 448 g/mol. The van der Waals surface area contributed by atoms with Crippen molar-refractivity contribution < 1.29 is 9.84 Å². The van der Waals surface area contributed by atoms with Crippen molar-refractivity contribution in [2.24, 2.45) is 0 Å². The van der Waals surface area contributed by atoms with Gasteiger partial charge in [0.25, 0.3) is 0 Å². The SMILES string of the molecule is CNc1nc2ccc(CNc3cncc(-c4cccnc4OC)n3)cc2s1.OC1CCCCC1. The number of aliphatic hydroxyl groups is 1. The van der Waals surface area contributed by atoms with E-state index in [9.17, 15) is 0 Å². The molecule has 1 aliphatic carbocycles. The molecule has 1 saturated carbocycles. The summed E-state index contributed by atoms with van der Waals surface area (Å²) < 4.78 is 6.46. The van der Waals surface area contributed by atoms with Gasteiger partial charge in [-0.1, -0.05) is 36.7 Å². The standard InChI is InChI=1S/C19H18N6OS.C6H12O/c1-20-19-25-14-6-5-12(8-16(14)27-19)9-23-17-11-21-10-15(24-17)13-4-3-7-22-18(13)26-2;7-6-4-2-1-3-5-6/h3-8,10-11H,9H2,1-2H3,(H,20,25)(H,23,24);6-7H,1-5H2. The Morgan fingerprint density at radius 3 is 2.71 bits per heavy atom. The van der Waals surface area contributed by atoms with E-state index < -0.39 is 0 Å². The summed E-state index contributed by atoms with van der Waals surface area (Å²) in [6.07, 6.45) is 11.0. The molecule has 5 rings (SSSR count). The van der Waals surface area contributed by atoms with E-state index in [-0.39, 0.29) is 6.10 Å². The zero-order valence-electron chi connectivity index (χ0n) is 19.5. The Kier molecular flexibility index (Phi) is 8.21. The quantitative estimate of drug-likeness (QED) is 0.351. The van der Waals surface area contributed by atoms with Gasteiger partial charge in [0.2, 0.25) is 5.88 Å². The van der Waals surface area contributed by atoms with Gasteiger partial charge in [0.05, 0.1) is 47.1 Å². The molecule has 0 saturated heterocycles. The van der Waals surface area contributed by atoms with Crippen molar-refractivity contribution in [2.45, 2.75) is 44.8 Å². The van der Waals surface area contributed by atoms with E-state index in [0.29, 0.717) is 23.9 Å². The van der Waals surface area contributed by atoms with Crippen LogP contribution in [-0.2, 0) is 6.54 Å². The minimum atomic E-state index is 0.0359. The van der Waals surface area contributed by atoms with Crippen LogP contribution in [0.25, 0.3) is 21.5 Å². The Bertz CT molecular complexity index is 1210. The topological polar surface area (TPSA) is 105 Å². The van der Waals surface area contributed by atoms with Gasteiger partial charge in [-0.05, 0) is 42.7 Å². The van der Waals surface area contributed by atoms with Gasteiger partial charge in [-0.2, -0.15) is 0 Å². The predicted molar refractivity (Wildman–Crippen MR) is 137 cm³/mol. The number of pyridine rings is 1. The first-order valence-corrected chi connectivity index (χ1v) is 12.3. The highest BCUT2D eigenvalue weighted by molar-refractivity contribution is 7.22. The molecule has 0 unspecified atom stereocenters. The van der Waals surface area contributed by atoms with Crippen molar-refractivity contribution in [1.82, 2.24) is 19.9 Å². The van der Waals surface area contributed by atoms with Crippen LogP contribution >= 0.6 is 11.3 Å². The number of benzene rings is 1. The van der Waals surface area contributed by atoms with E-state index in [4.69, 9.17) is 9.84 Å². The Hall–Kier alpha value is -3.30. The molecule has 1 aromatic carbocycles. The van der Waals surface area contributed by atoms with Gasteiger partial charge >= 0.3 is 0 Å². The molecule has 34 heavy (non-hydrogen) atoms. The van der Waals surface area contributed by atoms with Gasteiger partial charge in [-0.25, -0.2) is 15.0 Å². The van der Waals surface area contributed by atoms with E-state index in [2.05, 4.69) is 42.7 Å². The van der Waals surface area contributed by atoms with Crippen LogP contribution in [0.15, 0.2) is 48.9 Å². The summed E-state index contributed by atoms with van der Waals surface area (Å²) in [5.41, 5.74) is 3.67. The van der Waals surface area contributed by atoms with Crippen LogP contribution in [0.4, 0.5) is 10.9 Å².